The number of aliphatic hydroxyl groups excluding tert-OH is 2. The van der Waals surface area contributed by atoms with E-state index in [0.29, 0.717) is 4.70 Å². The molecule has 0 radical (unpaired) electrons. The van der Waals surface area contributed by atoms with Gasteiger partial charge in [-0.15, -0.1) is 0 Å². The summed E-state index contributed by atoms with van der Waals surface area (Å²) in [6, 6.07) is 5.94. The summed E-state index contributed by atoms with van der Waals surface area (Å²) >= 11 is 0.812. The molecular formula is C17H18N4O7S2. The molecule has 1 aromatic carbocycles. The first-order valence-corrected chi connectivity index (χ1v) is 11.0. The highest BCUT2D eigenvalue weighted by atomic mass is 32.2. The number of nitrogens with two attached hydrogens (primary N) is 1. The monoisotopic (exact) mass is 454 g/mol. The number of hydrogen-bond acceptors (Lipinski definition) is 11. The molecule has 0 amide bonds. The summed E-state index contributed by atoms with van der Waals surface area (Å²) < 4.78 is 37.6. The SMILES string of the molecule is Cc1ccc(S(=O)(=O)O[C@@H]2[C@@H](O)[C@H](n3c(=O)sc4cnc(N)nc43)O[C@@H]2CO)cc1. The molecule has 1 aliphatic rings. The van der Waals surface area contributed by atoms with Crippen LogP contribution >= 0.6 is 11.3 Å². The summed E-state index contributed by atoms with van der Waals surface area (Å²) in [7, 11) is -4.27. The van der Waals surface area contributed by atoms with E-state index in [2.05, 4.69) is 9.97 Å². The molecule has 4 N–H and O–H groups in total. The molecule has 11 nitrogen and oxygen atoms in total. The Morgan fingerprint density at radius 3 is 2.70 bits per heavy atom. The maximum atomic E-state index is 12.6. The summed E-state index contributed by atoms with van der Waals surface area (Å²) in [5, 5.41) is 20.4. The second-order valence-electron chi connectivity index (χ2n) is 6.72. The summed E-state index contributed by atoms with van der Waals surface area (Å²) in [6.45, 7) is 1.16. The van der Waals surface area contributed by atoms with Crippen LogP contribution in [-0.4, -0.2) is 58.1 Å². The first kappa shape index (κ1) is 20.8. The lowest BCUT2D eigenvalue weighted by molar-refractivity contribution is -0.0510. The van der Waals surface area contributed by atoms with Gasteiger partial charge in [-0.1, -0.05) is 29.0 Å². The number of nitrogen functional groups attached to an aromatic ring is 1. The van der Waals surface area contributed by atoms with Gasteiger partial charge in [-0.3, -0.25) is 13.5 Å². The van der Waals surface area contributed by atoms with Gasteiger partial charge in [-0.25, -0.2) is 4.98 Å². The topological polar surface area (TPSA) is 167 Å². The maximum absolute atomic E-state index is 12.6. The second-order valence-corrected chi connectivity index (χ2v) is 9.29. The van der Waals surface area contributed by atoms with Crippen molar-refractivity contribution in [3.05, 3.63) is 45.7 Å². The summed E-state index contributed by atoms with van der Waals surface area (Å²) in [5.41, 5.74) is 6.58. The van der Waals surface area contributed by atoms with E-state index in [4.69, 9.17) is 14.7 Å². The van der Waals surface area contributed by atoms with Crippen LogP contribution in [0.2, 0.25) is 0 Å². The van der Waals surface area contributed by atoms with Crippen LogP contribution in [0, 0.1) is 6.92 Å². The minimum atomic E-state index is -4.27. The Morgan fingerprint density at radius 2 is 2.03 bits per heavy atom. The fraction of sp³-hybridized carbons (Fsp3) is 0.353. The van der Waals surface area contributed by atoms with Gasteiger partial charge in [0.05, 0.1) is 22.4 Å². The molecule has 1 saturated heterocycles. The first-order valence-electron chi connectivity index (χ1n) is 8.79. The van der Waals surface area contributed by atoms with Crippen molar-refractivity contribution in [1.82, 2.24) is 14.5 Å². The van der Waals surface area contributed by atoms with Gasteiger partial charge in [-0.2, -0.15) is 13.4 Å². The molecule has 13 heteroatoms. The highest BCUT2D eigenvalue weighted by Gasteiger charge is 2.48. The molecule has 1 fully saturated rings. The zero-order chi connectivity index (χ0) is 21.6. The highest BCUT2D eigenvalue weighted by Crippen LogP contribution is 2.34. The molecule has 0 saturated carbocycles. The molecular weight excluding hydrogens is 436 g/mol. The van der Waals surface area contributed by atoms with Crippen LogP contribution in [0.25, 0.3) is 10.3 Å². The quantitative estimate of drug-likeness (QED) is 0.438. The summed E-state index contributed by atoms with van der Waals surface area (Å²) in [5.74, 6) is -0.0880. The van der Waals surface area contributed by atoms with Crippen molar-refractivity contribution in [3.8, 4) is 0 Å². The van der Waals surface area contributed by atoms with E-state index in [1.54, 1.807) is 19.1 Å². The van der Waals surface area contributed by atoms with E-state index in [0.717, 1.165) is 21.5 Å². The van der Waals surface area contributed by atoms with E-state index in [-0.39, 0.29) is 16.5 Å². The van der Waals surface area contributed by atoms with Crippen molar-refractivity contribution in [2.24, 2.45) is 0 Å². The van der Waals surface area contributed by atoms with E-state index < -0.39 is 46.1 Å². The molecule has 30 heavy (non-hydrogen) atoms. The lowest BCUT2D eigenvalue weighted by atomic mass is 10.1. The molecule has 160 valence electrons. The lowest BCUT2D eigenvalue weighted by Crippen LogP contribution is -2.38. The molecule has 2 aromatic heterocycles. The minimum Gasteiger partial charge on any atom is -0.394 e. The molecule has 3 aromatic rings. The van der Waals surface area contributed by atoms with Crippen molar-refractivity contribution in [2.75, 3.05) is 12.3 Å². The standard InChI is InChI=1S/C17H18N4O7S2/c1-8-2-4-9(5-3-8)30(25,26)28-13-10(7-22)27-15(12(13)23)21-14-11(29-17(21)24)6-19-16(18)20-14/h2-6,10,12-13,15,22-23H,7H2,1H3,(H2,18,19,20)/t10-,12-,13+,15-/m1/s1. The van der Waals surface area contributed by atoms with Gasteiger partial charge in [0.15, 0.2) is 11.9 Å². The Kier molecular flexibility index (Phi) is 5.34. The fourth-order valence-electron chi connectivity index (χ4n) is 3.18. The number of anilines is 1. The predicted molar refractivity (Wildman–Crippen MR) is 106 cm³/mol. The van der Waals surface area contributed by atoms with Gasteiger partial charge in [0.1, 0.15) is 18.3 Å². The molecule has 4 atom stereocenters. The van der Waals surface area contributed by atoms with Crippen LogP contribution in [-0.2, 0) is 19.0 Å². The number of thiazole rings is 1. The molecule has 0 spiro atoms. The number of fused-ring (bicyclic) bond motifs is 1. The van der Waals surface area contributed by atoms with E-state index in [1.165, 1.54) is 18.3 Å². The zero-order valence-electron chi connectivity index (χ0n) is 15.6. The zero-order valence-corrected chi connectivity index (χ0v) is 17.2. The number of hydrogen-bond donors (Lipinski definition) is 3. The van der Waals surface area contributed by atoms with Crippen LogP contribution in [0.5, 0.6) is 0 Å². The Hall–Kier alpha value is -2.42. The van der Waals surface area contributed by atoms with Crippen molar-refractivity contribution >= 4 is 37.8 Å². The molecule has 0 aliphatic carbocycles. The van der Waals surface area contributed by atoms with Crippen molar-refractivity contribution in [2.45, 2.75) is 36.4 Å². The van der Waals surface area contributed by atoms with E-state index in [1.807, 2.05) is 0 Å². The highest BCUT2D eigenvalue weighted by molar-refractivity contribution is 7.86. The number of benzene rings is 1. The third-order valence-corrected chi connectivity index (χ3v) is 6.87. The van der Waals surface area contributed by atoms with E-state index >= 15 is 0 Å². The smallest absolute Gasteiger partial charge is 0.311 e. The van der Waals surface area contributed by atoms with Crippen LogP contribution in [0.15, 0.2) is 40.2 Å². The van der Waals surface area contributed by atoms with Gasteiger partial charge in [-0.05, 0) is 19.1 Å². The molecule has 4 rings (SSSR count). The molecule has 0 unspecified atom stereocenters. The van der Waals surface area contributed by atoms with Crippen LogP contribution in [0.1, 0.15) is 11.8 Å². The number of aliphatic hydroxyl groups is 2. The van der Waals surface area contributed by atoms with Crippen LogP contribution in [0.3, 0.4) is 0 Å². The third-order valence-electron chi connectivity index (χ3n) is 4.67. The fourth-order valence-corrected chi connectivity index (χ4v) is 5.11. The van der Waals surface area contributed by atoms with Gasteiger partial charge >= 0.3 is 4.87 Å². The maximum Gasteiger partial charge on any atom is 0.311 e. The normalized spacial score (nSPS) is 24.5. The van der Waals surface area contributed by atoms with Gasteiger partial charge < -0.3 is 20.7 Å². The average molecular weight is 454 g/mol. The largest absolute Gasteiger partial charge is 0.394 e. The van der Waals surface area contributed by atoms with Gasteiger partial charge in [0, 0.05) is 0 Å². The Bertz CT molecular complexity index is 1240. The van der Waals surface area contributed by atoms with Gasteiger partial charge in [0.25, 0.3) is 10.1 Å². The first-order chi connectivity index (χ1) is 14.2. The molecule has 1 aliphatic heterocycles. The number of rotatable bonds is 5. The number of ether oxygens (including phenoxy) is 1. The predicted octanol–water partition coefficient (Wildman–Crippen LogP) is -0.232. The van der Waals surface area contributed by atoms with Crippen LogP contribution in [0.4, 0.5) is 5.95 Å². The lowest BCUT2D eigenvalue weighted by Gasteiger charge is -2.19. The Balaban J connectivity index is 1.69. The minimum absolute atomic E-state index is 0.0880. The van der Waals surface area contributed by atoms with Crippen molar-refractivity contribution in [1.29, 1.82) is 0 Å². The van der Waals surface area contributed by atoms with Gasteiger partial charge in [0.2, 0.25) is 5.95 Å². The third kappa shape index (κ3) is 3.59. The van der Waals surface area contributed by atoms with Crippen molar-refractivity contribution < 1.29 is 27.6 Å². The molecule has 3 heterocycles. The molecule has 0 bridgehead atoms. The van der Waals surface area contributed by atoms with E-state index in [9.17, 15) is 23.4 Å². The second kappa shape index (κ2) is 7.68. The summed E-state index contributed by atoms with van der Waals surface area (Å²) in [4.78, 5) is 19.7. The Labute approximate surface area is 174 Å². The van der Waals surface area contributed by atoms with Crippen molar-refractivity contribution in [3.63, 3.8) is 0 Å². The number of nitrogens with zero attached hydrogens (tertiary/aromatic N) is 3. The summed E-state index contributed by atoms with van der Waals surface area (Å²) in [6.07, 6.45) is -4.22. The number of aromatic nitrogens is 3. The number of aryl methyl sites for hydroxylation is 1. The van der Waals surface area contributed by atoms with Crippen LogP contribution < -0.4 is 10.6 Å². The average Bonchev–Trinajstić information content (AvgIpc) is 3.17. The Morgan fingerprint density at radius 1 is 1.33 bits per heavy atom.